The van der Waals surface area contributed by atoms with E-state index in [0.717, 1.165) is 36.4 Å². The summed E-state index contributed by atoms with van der Waals surface area (Å²) in [6.07, 6.45) is 3.80. The molecule has 98 valence electrons. The van der Waals surface area contributed by atoms with Gasteiger partial charge in [-0.25, -0.2) is 9.67 Å². The summed E-state index contributed by atoms with van der Waals surface area (Å²) in [6.45, 7) is 4.56. The summed E-state index contributed by atoms with van der Waals surface area (Å²) < 4.78 is 3.94. The maximum absolute atomic E-state index is 4.19. The molecule has 0 fully saturated rings. The quantitative estimate of drug-likeness (QED) is 0.722. The van der Waals surface area contributed by atoms with Crippen LogP contribution in [0.3, 0.4) is 0 Å². The van der Waals surface area contributed by atoms with Crippen LogP contribution >= 0.6 is 11.8 Å². The third kappa shape index (κ3) is 3.30. The Balaban J connectivity index is 1.83. The molecule has 2 rings (SSSR count). The van der Waals surface area contributed by atoms with E-state index in [4.69, 9.17) is 0 Å². The van der Waals surface area contributed by atoms with E-state index in [-0.39, 0.29) is 0 Å². The molecule has 1 N–H and O–H groups in total. The fourth-order valence-electron chi connectivity index (χ4n) is 1.53. The van der Waals surface area contributed by atoms with Gasteiger partial charge in [0.1, 0.15) is 5.82 Å². The van der Waals surface area contributed by atoms with E-state index in [1.807, 2.05) is 31.0 Å². The molecule has 2 aromatic heterocycles. The number of rotatable bonds is 7. The number of tetrazole rings is 1. The standard InChI is InChI=1S/C10H17N7S/c1-9-12-4-5-16(9)7-8-18-10-13-14-15-17(10)6-3-11-2/h4-5,11H,3,6-8H2,1-2H3. The maximum atomic E-state index is 4.19. The van der Waals surface area contributed by atoms with Crippen LogP contribution in [-0.4, -0.2) is 49.1 Å². The topological polar surface area (TPSA) is 73.5 Å². The Morgan fingerprint density at radius 3 is 3.00 bits per heavy atom. The van der Waals surface area contributed by atoms with Gasteiger partial charge < -0.3 is 9.88 Å². The Kier molecular flexibility index (Phi) is 4.71. The molecule has 2 heterocycles. The maximum Gasteiger partial charge on any atom is 0.209 e. The van der Waals surface area contributed by atoms with Crippen LogP contribution in [0.15, 0.2) is 17.6 Å². The van der Waals surface area contributed by atoms with Crippen molar-refractivity contribution in [1.82, 2.24) is 35.1 Å². The highest BCUT2D eigenvalue weighted by Crippen LogP contribution is 2.14. The van der Waals surface area contributed by atoms with Gasteiger partial charge in [-0.05, 0) is 24.4 Å². The Morgan fingerprint density at radius 2 is 2.28 bits per heavy atom. The lowest BCUT2D eigenvalue weighted by atomic mass is 10.6. The van der Waals surface area contributed by atoms with Crippen LogP contribution in [0.25, 0.3) is 0 Å². The van der Waals surface area contributed by atoms with Gasteiger partial charge in [-0.2, -0.15) is 0 Å². The first-order valence-electron chi connectivity index (χ1n) is 5.82. The van der Waals surface area contributed by atoms with E-state index in [1.54, 1.807) is 11.8 Å². The van der Waals surface area contributed by atoms with E-state index in [9.17, 15) is 0 Å². The number of hydrogen-bond donors (Lipinski definition) is 1. The molecule has 0 aliphatic rings. The zero-order chi connectivity index (χ0) is 12.8. The number of nitrogens with one attached hydrogen (secondary N) is 1. The number of aryl methyl sites for hydroxylation is 2. The minimum absolute atomic E-state index is 0.788. The monoisotopic (exact) mass is 267 g/mol. The van der Waals surface area contributed by atoms with Crippen molar-refractivity contribution in [3.8, 4) is 0 Å². The molecule has 7 nitrogen and oxygen atoms in total. The van der Waals surface area contributed by atoms with Crippen molar-refractivity contribution >= 4 is 11.8 Å². The van der Waals surface area contributed by atoms with Crippen molar-refractivity contribution in [2.24, 2.45) is 0 Å². The predicted octanol–water partition coefficient (Wildman–Crippen LogP) is 0.190. The molecule has 8 heteroatoms. The summed E-state index contributed by atoms with van der Waals surface area (Å²) in [6, 6.07) is 0. The fraction of sp³-hybridized carbons (Fsp3) is 0.600. The Bertz CT molecular complexity index is 478. The van der Waals surface area contributed by atoms with Gasteiger partial charge in [0.05, 0.1) is 6.54 Å². The van der Waals surface area contributed by atoms with Crippen LogP contribution in [0.5, 0.6) is 0 Å². The second kappa shape index (κ2) is 6.50. The summed E-state index contributed by atoms with van der Waals surface area (Å²) >= 11 is 1.66. The number of imidazole rings is 1. The highest BCUT2D eigenvalue weighted by atomic mass is 32.2. The van der Waals surface area contributed by atoms with Gasteiger partial charge in [0.2, 0.25) is 5.16 Å². The van der Waals surface area contributed by atoms with Crippen LogP contribution < -0.4 is 5.32 Å². The van der Waals surface area contributed by atoms with E-state index in [0.29, 0.717) is 0 Å². The van der Waals surface area contributed by atoms with Crippen LogP contribution in [0.1, 0.15) is 5.82 Å². The summed E-state index contributed by atoms with van der Waals surface area (Å²) in [5.41, 5.74) is 0. The van der Waals surface area contributed by atoms with Crippen LogP contribution in [0, 0.1) is 6.92 Å². The first-order chi connectivity index (χ1) is 8.81. The number of aromatic nitrogens is 6. The Morgan fingerprint density at radius 1 is 1.39 bits per heavy atom. The van der Waals surface area contributed by atoms with Gasteiger partial charge in [0.25, 0.3) is 0 Å². The molecule has 0 spiro atoms. The zero-order valence-electron chi connectivity index (χ0n) is 10.6. The number of likely N-dealkylation sites (N-methyl/N-ethyl adjacent to an activating group) is 1. The molecule has 18 heavy (non-hydrogen) atoms. The van der Waals surface area contributed by atoms with Crippen LogP contribution in [-0.2, 0) is 13.1 Å². The lowest BCUT2D eigenvalue weighted by Crippen LogP contribution is -2.16. The average Bonchev–Trinajstić information content (AvgIpc) is 2.97. The largest absolute Gasteiger partial charge is 0.334 e. The van der Waals surface area contributed by atoms with Crippen molar-refractivity contribution in [3.05, 3.63) is 18.2 Å². The van der Waals surface area contributed by atoms with Gasteiger partial charge in [-0.3, -0.25) is 0 Å². The lowest BCUT2D eigenvalue weighted by Gasteiger charge is -2.05. The van der Waals surface area contributed by atoms with Gasteiger partial charge in [-0.1, -0.05) is 11.8 Å². The fourth-order valence-corrected chi connectivity index (χ4v) is 2.37. The van der Waals surface area contributed by atoms with Crippen LogP contribution in [0.4, 0.5) is 0 Å². The number of hydrogen-bond acceptors (Lipinski definition) is 6. The molecule has 2 aromatic rings. The first kappa shape index (κ1) is 13.0. The molecular formula is C10H17N7S. The van der Waals surface area contributed by atoms with Crippen molar-refractivity contribution < 1.29 is 0 Å². The zero-order valence-corrected chi connectivity index (χ0v) is 11.4. The molecule has 0 atom stereocenters. The average molecular weight is 267 g/mol. The normalized spacial score (nSPS) is 11.0. The molecule has 0 saturated heterocycles. The summed E-state index contributed by atoms with van der Waals surface area (Å²) in [5.74, 6) is 1.96. The minimum Gasteiger partial charge on any atom is -0.334 e. The van der Waals surface area contributed by atoms with Crippen molar-refractivity contribution in [2.75, 3.05) is 19.3 Å². The second-order valence-electron chi connectivity index (χ2n) is 3.80. The minimum atomic E-state index is 0.788. The molecule has 0 aliphatic carbocycles. The highest BCUT2D eigenvalue weighted by Gasteiger charge is 2.06. The number of thioether (sulfide) groups is 1. The van der Waals surface area contributed by atoms with Gasteiger partial charge in [-0.15, -0.1) is 5.10 Å². The van der Waals surface area contributed by atoms with Crippen molar-refractivity contribution in [3.63, 3.8) is 0 Å². The number of nitrogens with zero attached hydrogens (tertiary/aromatic N) is 6. The molecule has 0 aliphatic heterocycles. The molecule has 0 saturated carbocycles. The van der Waals surface area contributed by atoms with E-state index < -0.39 is 0 Å². The summed E-state index contributed by atoms with van der Waals surface area (Å²) in [4.78, 5) is 4.19. The van der Waals surface area contributed by atoms with E-state index >= 15 is 0 Å². The SMILES string of the molecule is CNCCn1nnnc1SCCn1ccnc1C. The molecular weight excluding hydrogens is 250 g/mol. The van der Waals surface area contributed by atoms with Crippen molar-refractivity contribution in [1.29, 1.82) is 0 Å². The highest BCUT2D eigenvalue weighted by molar-refractivity contribution is 7.99. The molecule has 0 aromatic carbocycles. The molecule has 0 amide bonds. The first-order valence-corrected chi connectivity index (χ1v) is 6.81. The molecule has 0 bridgehead atoms. The van der Waals surface area contributed by atoms with E-state index in [1.165, 1.54) is 0 Å². The summed E-state index contributed by atoms with van der Waals surface area (Å²) in [7, 11) is 1.92. The van der Waals surface area contributed by atoms with Gasteiger partial charge >= 0.3 is 0 Å². The molecule has 0 radical (unpaired) electrons. The Hall–Kier alpha value is -1.41. The lowest BCUT2D eigenvalue weighted by molar-refractivity contribution is 0.529. The Labute approximate surface area is 110 Å². The van der Waals surface area contributed by atoms with E-state index in [2.05, 4.69) is 30.4 Å². The van der Waals surface area contributed by atoms with Gasteiger partial charge in [0, 0.05) is 31.2 Å². The third-order valence-corrected chi connectivity index (χ3v) is 3.50. The second-order valence-corrected chi connectivity index (χ2v) is 4.87. The summed E-state index contributed by atoms with van der Waals surface area (Å²) in [5, 5.41) is 15.6. The predicted molar refractivity (Wildman–Crippen MR) is 69.4 cm³/mol. The molecule has 0 unspecified atom stereocenters. The third-order valence-electron chi connectivity index (χ3n) is 2.56. The smallest absolute Gasteiger partial charge is 0.209 e. The van der Waals surface area contributed by atoms with Crippen molar-refractivity contribution in [2.45, 2.75) is 25.2 Å². The van der Waals surface area contributed by atoms with Crippen LogP contribution in [0.2, 0.25) is 0 Å². The van der Waals surface area contributed by atoms with Gasteiger partial charge in [0.15, 0.2) is 0 Å².